The highest BCUT2D eigenvalue weighted by molar-refractivity contribution is 6.99. The van der Waals surface area contributed by atoms with Gasteiger partial charge in [-0.25, -0.2) is 0 Å². The first-order valence-corrected chi connectivity index (χ1v) is 5.36. The number of hydrogen-bond acceptors (Lipinski definition) is 6. The van der Waals surface area contributed by atoms with E-state index >= 15 is 0 Å². The summed E-state index contributed by atoms with van der Waals surface area (Å²) < 4.78 is 7.64. The molecule has 1 aliphatic rings. The second-order valence-electron chi connectivity index (χ2n) is 3.05. The number of anilines is 1. The summed E-state index contributed by atoms with van der Waals surface area (Å²) in [4.78, 5) is 22.2. The molecule has 1 aromatic rings. The number of carbonyl (C=O) groups excluding carboxylic acids is 2. The molecule has 0 aliphatic carbocycles. The molecule has 1 fully saturated rings. The summed E-state index contributed by atoms with van der Waals surface area (Å²) in [6.45, 7) is 0. The summed E-state index contributed by atoms with van der Waals surface area (Å²) in [5, 5.41) is 5.31. The van der Waals surface area contributed by atoms with E-state index in [0.29, 0.717) is 18.7 Å². The molecule has 8 heteroatoms. The van der Waals surface area contributed by atoms with Gasteiger partial charge in [-0.05, 0) is 6.42 Å². The maximum atomic E-state index is 11.4. The zero-order valence-electron chi connectivity index (χ0n) is 7.49. The van der Waals surface area contributed by atoms with Crippen molar-refractivity contribution in [2.75, 3.05) is 5.32 Å². The van der Waals surface area contributed by atoms with Crippen LogP contribution < -0.4 is 10.6 Å². The van der Waals surface area contributed by atoms with E-state index in [4.69, 9.17) is 11.6 Å². The molecule has 2 amide bonds. The van der Waals surface area contributed by atoms with Crippen molar-refractivity contribution in [1.29, 1.82) is 0 Å². The first kappa shape index (κ1) is 10.3. The lowest BCUT2D eigenvalue weighted by Crippen LogP contribution is -2.47. The third kappa shape index (κ3) is 2.24. The second kappa shape index (κ2) is 4.11. The highest BCUT2D eigenvalue weighted by Gasteiger charge is 2.27. The molecule has 15 heavy (non-hydrogen) atoms. The number of hydrogen-bond donors (Lipinski definition) is 2. The zero-order chi connectivity index (χ0) is 10.8. The van der Waals surface area contributed by atoms with Gasteiger partial charge in [0.1, 0.15) is 6.04 Å². The van der Waals surface area contributed by atoms with Crippen molar-refractivity contribution in [2.45, 2.75) is 18.9 Å². The third-order valence-corrected chi connectivity index (χ3v) is 2.89. The predicted molar refractivity (Wildman–Crippen MR) is 54.7 cm³/mol. The van der Waals surface area contributed by atoms with E-state index in [1.165, 1.54) is 0 Å². The molecule has 6 nitrogen and oxygen atoms in total. The number of halogens is 1. The van der Waals surface area contributed by atoms with Crippen LogP contribution >= 0.6 is 23.3 Å². The minimum Gasteiger partial charge on any atom is -0.355 e. The van der Waals surface area contributed by atoms with Crippen molar-refractivity contribution in [3.63, 3.8) is 0 Å². The molecular weight excluding hydrogens is 240 g/mol. The van der Waals surface area contributed by atoms with Gasteiger partial charge in [0.2, 0.25) is 11.8 Å². The number of piperidine rings is 1. The fraction of sp³-hybridized carbons (Fsp3) is 0.429. The lowest BCUT2D eigenvalue weighted by Gasteiger charge is -2.21. The highest BCUT2D eigenvalue weighted by Crippen LogP contribution is 2.20. The van der Waals surface area contributed by atoms with E-state index in [2.05, 4.69) is 19.4 Å². The van der Waals surface area contributed by atoms with E-state index in [0.717, 1.165) is 11.7 Å². The SMILES string of the molecule is O=C1CCC(Nc2nsnc2Cl)C(=O)N1. The Bertz CT molecular complexity index is 407. The van der Waals surface area contributed by atoms with Crippen LogP contribution in [0.3, 0.4) is 0 Å². The van der Waals surface area contributed by atoms with E-state index in [1.54, 1.807) is 0 Å². The first-order chi connectivity index (χ1) is 7.16. The van der Waals surface area contributed by atoms with Crippen LogP contribution in [0, 0.1) is 0 Å². The fourth-order valence-corrected chi connectivity index (χ4v) is 1.92. The highest BCUT2D eigenvalue weighted by atomic mass is 35.5. The van der Waals surface area contributed by atoms with Gasteiger partial charge in [0, 0.05) is 6.42 Å². The molecule has 0 bridgehead atoms. The van der Waals surface area contributed by atoms with Crippen LogP contribution in [0.4, 0.5) is 5.82 Å². The Hall–Kier alpha value is -1.21. The Balaban J connectivity index is 2.04. The van der Waals surface area contributed by atoms with Crippen molar-refractivity contribution in [2.24, 2.45) is 0 Å². The Morgan fingerprint density at radius 1 is 1.47 bits per heavy atom. The summed E-state index contributed by atoms with van der Waals surface area (Å²) >= 11 is 6.67. The van der Waals surface area contributed by atoms with Gasteiger partial charge in [0.25, 0.3) is 0 Å². The maximum absolute atomic E-state index is 11.4. The van der Waals surface area contributed by atoms with Crippen molar-refractivity contribution in [3.8, 4) is 0 Å². The smallest absolute Gasteiger partial charge is 0.249 e. The monoisotopic (exact) mass is 246 g/mol. The lowest BCUT2D eigenvalue weighted by molar-refractivity contribution is -0.133. The normalized spacial score (nSPS) is 21.3. The molecule has 1 aliphatic heterocycles. The van der Waals surface area contributed by atoms with Crippen molar-refractivity contribution in [3.05, 3.63) is 5.15 Å². The molecule has 0 radical (unpaired) electrons. The van der Waals surface area contributed by atoms with Crippen LogP contribution in [0.1, 0.15) is 12.8 Å². The number of nitrogens with zero attached hydrogens (tertiary/aromatic N) is 2. The van der Waals surface area contributed by atoms with Crippen LogP contribution in [0.2, 0.25) is 5.15 Å². The van der Waals surface area contributed by atoms with Gasteiger partial charge < -0.3 is 5.32 Å². The van der Waals surface area contributed by atoms with Gasteiger partial charge in [-0.2, -0.15) is 8.75 Å². The molecule has 2 rings (SSSR count). The zero-order valence-corrected chi connectivity index (χ0v) is 9.06. The molecule has 0 spiro atoms. The number of rotatable bonds is 2. The summed E-state index contributed by atoms with van der Waals surface area (Å²) in [5.74, 6) is -0.216. The largest absolute Gasteiger partial charge is 0.355 e. The van der Waals surface area contributed by atoms with Crippen LogP contribution in [-0.4, -0.2) is 26.6 Å². The molecule has 2 heterocycles. The average Bonchev–Trinajstić information content (AvgIpc) is 2.57. The minimum atomic E-state index is -0.468. The van der Waals surface area contributed by atoms with Gasteiger partial charge in [-0.1, -0.05) is 11.6 Å². The Morgan fingerprint density at radius 3 is 2.87 bits per heavy atom. The van der Waals surface area contributed by atoms with Crippen LogP contribution in [-0.2, 0) is 9.59 Å². The standard InChI is InChI=1S/C7H7ClN4O2S/c8-5-6(12-15-11-5)9-3-1-2-4(13)10-7(3)14/h3H,1-2H2,(H,9,12)(H,10,13,14). The summed E-state index contributed by atoms with van der Waals surface area (Å²) in [5.41, 5.74) is 0. The van der Waals surface area contributed by atoms with Gasteiger partial charge in [0.05, 0.1) is 11.7 Å². The number of nitrogens with one attached hydrogen (secondary N) is 2. The Morgan fingerprint density at radius 2 is 2.27 bits per heavy atom. The summed E-state index contributed by atoms with van der Waals surface area (Å²) in [6, 6.07) is -0.468. The fourth-order valence-electron chi connectivity index (χ4n) is 1.26. The van der Waals surface area contributed by atoms with Gasteiger partial charge in [-0.15, -0.1) is 0 Å². The molecule has 80 valence electrons. The van der Waals surface area contributed by atoms with Crippen molar-refractivity contribution >= 4 is 41.0 Å². The molecule has 1 atom stereocenters. The molecular formula is C7H7ClN4O2S. The summed E-state index contributed by atoms with van der Waals surface area (Å²) in [6.07, 6.45) is 0.761. The van der Waals surface area contributed by atoms with Crippen LogP contribution in [0.25, 0.3) is 0 Å². The molecule has 0 aromatic carbocycles. The third-order valence-electron chi connectivity index (χ3n) is 2.00. The average molecular weight is 247 g/mol. The number of amides is 2. The minimum absolute atomic E-state index is 0.240. The van der Waals surface area contributed by atoms with Crippen molar-refractivity contribution < 1.29 is 9.59 Å². The molecule has 0 saturated carbocycles. The predicted octanol–water partition coefficient (Wildman–Crippen LogP) is 0.409. The van der Waals surface area contributed by atoms with E-state index in [1.807, 2.05) is 0 Å². The van der Waals surface area contributed by atoms with E-state index in [-0.39, 0.29) is 17.0 Å². The number of carbonyl (C=O) groups is 2. The quantitative estimate of drug-likeness (QED) is 0.739. The topological polar surface area (TPSA) is 84.0 Å². The maximum Gasteiger partial charge on any atom is 0.249 e. The molecule has 1 saturated heterocycles. The van der Waals surface area contributed by atoms with E-state index in [9.17, 15) is 9.59 Å². The Labute approximate surface area is 94.3 Å². The van der Waals surface area contributed by atoms with Crippen molar-refractivity contribution in [1.82, 2.24) is 14.1 Å². The van der Waals surface area contributed by atoms with Gasteiger partial charge in [-0.3, -0.25) is 14.9 Å². The Kier molecular flexibility index (Phi) is 2.83. The number of aromatic nitrogens is 2. The first-order valence-electron chi connectivity index (χ1n) is 4.25. The molecule has 1 unspecified atom stereocenters. The van der Waals surface area contributed by atoms with Crippen LogP contribution in [0.5, 0.6) is 0 Å². The van der Waals surface area contributed by atoms with Gasteiger partial charge in [0.15, 0.2) is 11.0 Å². The van der Waals surface area contributed by atoms with Crippen LogP contribution in [0.15, 0.2) is 0 Å². The summed E-state index contributed by atoms with van der Waals surface area (Å²) in [7, 11) is 0. The lowest BCUT2D eigenvalue weighted by atomic mass is 10.1. The van der Waals surface area contributed by atoms with Gasteiger partial charge >= 0.3 is 0 Å². The number of imide groups is 1. The molecule has 2 N–H and O–H groups in total. The molecule has 1 aromatic heterocycles. The second-order valence-corrected chi connectivity index (χ2v) is 3.94. The van der Waals surface area contributed by atoms with E-state index < -0.39 is 6.04 Å².